The number of hydrogen-bond donors (Lipinski definition) is 1. The van der Waals surface area contributed by atoms with E-state index in [1.165, 1.54) is 0 Å². The Balaban J connectivity index is 1.43. The molecule has 2 aliphatic heterocycles. The van der Waals surface area contributed by atoms with Gasteiger partial charge in [0.15, 0.2) is 6.10 Å². The number of piperidine rings is 1. The van der Waals surface area contributed by atoms with Gasteiger partial charge >= 0.3 is 0 Å². The second-order valence-electron chi connectivity index (χ2n) is 11.2. The minimum absolute atomic E-state index is 0.0898. The summed E-state index contributed by atoms with van der Waals surface area (Å²) < 4.78 is 11.5. The Labute approximate surface area is 235 Å². The van der Waals surface area contributed by atoms with Crippen LogP contribution in [0.4, 0.5) is 0 Å². The number of primary amides is 1. The number of nitrogens with zero attached hydrogens (tertiary/aromatic N) is 2. The zero-order valence-electron chi connectivity index (χ0n) is 23.4. The molecule has 2 N–H and O–H groups in total. The Hall–Kier alpha value is -3.94. The van der Waals surface area contributed by atoms with Gasteiger partial charge in [-0.2, -0.15) is 0 Å². The van der Waals surface area contributed by atoms with Crippen molar-refractivity contribution in [1.29, 1.82) is 0 Å². The fraction of sp³-hybridized carbons (Fsp3) is 0.400. The Kier molecular flexibility index (Phi) is 8.76. The number of hydrogen-bond acceptors (Lipinski definition) is 6. The highest BCUT2D eigenvalue weighted by molar-refractivity contribution is 6.76. The minimum atomic E-state index is -1.30. The maximum absolute atomic E-state index is 13.3. The molecule has 1 saturated heterocycles. The first kappa shape index (κ1) is 29.0. The Bertz CT molecular complexity index is 1370. The monoisotopic (exact) mass is 561 g/mol. The molecule has 10 heteroatoms. The van der Waals surface area contributed by atoms with Crippen molar-refractivity contribution in [3.8, 4) is 17.6 Å². The summed E-state index contributed by atoms with van der Waals surface area (Å²) >= 11 is 0. The normalized spacial score (nSPS) is 17.8. The zero-order valence-corrected chi connectivity index (χ0v) is 24.4. The number of fused-ring (bicyclic) bond motifs is 1. The SMILES string of the molecule is C[C@@H](C#Cc1cccc2c1CN(C1CCC(=O)N(COCC[Si](C)(C)C)C1=O)C2=O)Oc1ccc(C(N)=O)cc1. The number of rotatable bonds is 9. The van der Waals surface area contributed by atoms with Crippen LogP contribution >= 0.6 is 0 Å². The van der Waals surface area contributed by atoms with Crippen molar-refractivity contribution >= 4 is 31.7 Å². The first-order valence-corrected chi connectivity index (χ1v) is 17.1. The summed E-state index contributed by atoms with van der Waals surface area (Å²) in [5, 5.41) is 0. The Morgan fingerprint density at radius 3 is 2.52 bits per heavy atom. The van der Waals surface area contributed by atoms with E-state index in [1.54, 1.807) is 48.2 Å². The third-order valence-electron chi connectivity index (χ3n) is 6.93. The maximum Gasteiger partial charge on any atom is 0.255 e. The van der Waals surface area contributed by atoms with Crippen LogP contribution in [-0.4, -0.2) is 67.0 Å². The molecule has 2 aromatic carbocycles. The fourth-order valence-electron chi connectivity index (χ4n) is 4.61. The predicted octanol–water partition coefficient (Wildman–Crippen LogP) is 3.39. The van der Waals surface area contributed by atoms with Gasteiger partial charge in [0.05, 0.1) is 0 Å². The summed E-state index contributed by atoms with van der Waals surface area (Å²) in [4.78, 5) is 53.1. The molecule has 40 heavy (non-hydrogen) atoms. The quantitative estimate of drug-likeness (QED) is 0.217. The lowest BCUT2D eigenvalue weighted by atomic mass is 10.0. The third-order valence-corrected chi connectivity index (χ3v) is 8.64. The van der Waals surface area contributed by atoms with Crippen LogP contribution < -0.4 is 10.5 Å². The van der Waals surface area contributed by atoms with Crippen LogP contribution in [0.1, 0.15) is 51.6 Å². The molecular formula is C30H35N3O6Si. The van der Waals surface area contributed by atoms with Gasteiger partial charge in [-0.05, 0) is 61.4 Å². The number of nitrogens with two attached hydrogens (primary N) is 1. The molecule has 9 nitrogen and oxygen atoms in total. The summed E-state index contributed by atoms with van der Waals surface area (Å²) in [6.07, 6.45) is -0.0112. The number of ether oxygens (including phenoxy) is 2. The van der Waals surface area contributed by atoms with Crippen molar-refractivity contribution in [1.82, 2.24) is 9.80 Å². The molecule has 2 aliphatic rings. The molecule has 0 aromatic heterocycles. The van der Waals surface area contributed by atoms with Crippen LogP contribution in [-0.2, 0) is 20.9 Å². The molecule has 0 bridgehead atoms. The number of carbonyl (C=O) groups is 4. The first-order chi connectivity index (χ1) is 18.9. The van der Waals surface area contributed by atoms with E-state index in [0.29, 0.717) is 29.0 Å². The van der Waals surface area contributed by atoms with E-state index in [4.69, 9.17) is 15.2 Å². The third kappa shape index (κ3) is 6.79. The zero-order chi connectivity index (χ0) is 29.0. The number of carbonyl (C=O) groups excluding carboxylic acids is 4. The molecule has 0 spiro atoms. The van der Waals surface area contributed by atoms with Crippen molar-refractivity contribution in [2.75, 3.05) is 13.3 Å². The second kappa shape index (κ2) is 12.1. The summed E-state index contributed by atoms with van der Waals surface area (Å²) in [6, 6.07) is 12.0. The molecule has 0 radical (unpaired) electrons. The van der Waals surface area contributed by atoms with Gasteiger partial charge in [-0.1, -0.05) is 37.5 Å². The average Bonchev–Trinajstić information content (AvgIpc) is 3.23. The van der Waals surface area contributed by atoms with Gasteiger partial charge in [0.1, 0.15) is 18.5 Å². The second-order valence-corrected chi connectivity index (χ2v) is 16.9. The van der Waals surface area contributed by atoms with Crippen molar-refractivity contribution in [2.45, 2.75) is 64.1 Å². The standard InChI is InChI=1S/C30H35N3O6Si/c1-20(39-23-12-10-22(11-13-23)28(31)35)8-9-21-6-5-7-24-25(21)18-32(29(24)36)26-14-15-27(34)33(30(26)37)19-38-16-17-40(2,3)4/h5-7,10-13,20,26H,14-19H2,1-4H3,(H2,31,35)/t20-,26?/m0/s1. The van der Waals surface area contributed by atoms with Crippen molar-refractivity contribution in [3.63, 3.8) is 0 Å². The van der Waals surface area contributed by atoms with E-state index in [-0.39, 0.29) is 37.9 Å². The first-order valence-electron chi connectivity index (χ1n) is 13.4. The Morgan fingerprint density at radius 2 is 1.85 bits per heavy atom. The summed E-state index contributed by atoms with van der Waals surface area (Å²) in [7, 11) is -1.30. The highest BCUT2D eigenvalue weighted by Crippen LogP contribution is 2.31. The molecule has 0 aliphatic carbocycles. The van der Waals surface area contributed by atoms with Gasteiger partial charge in [0.2, 0.25) is 11.8 Å². The van der Waals surface area contributed by atoms with Gasteiger partial charge in [0, 0.05) is 44.3 Å². The van der Waals surface area contributed by atoms with E-state index in [1.807, 2.05) is 6.07 Å². The van der Waals surface area contributed by atoms with Crippen LogP contribution in [0, 0.1) is 11.8 Å². The van der Waals surface area contributed by atoms with Crippen molar-refractivity contribution in [3.05, 3.63) is 64.7 Å². The summed E-state index contributed by atoms with van der Waals surface area (Å²) in [5.74, 6) is 5.29. The topological polar surface area (TPSA) is 119 Å². The number of amides is 4. The lowest BCUT2D eigenvalue weighted by Crippen LogP contribution is -2.55. The van der Waals surface area contributed by atoms with E-state index >= 15 is 0 Å². The maximum atomic E-state index is 13.3. The van der Waals surface area contributed by atoms with Gasteiger partial charge in [-0.15, -0.1) is 0 Å². The molecule has 0 saturated carbocycles. The molecule has 2 atom stereocenters. The predicted molar refractivity (Wildman–Crippen MR) is 152 cm³/mol. The van der Waals surface area contributed by atoms with Gasteiger partial charge < -0.3 is 20.1 Å². The fourth-order valence-corrected chi connectivity index (χ4v) is 5.37. The number of likely N-dealkylation sites (tertiary alicyclic amines) is 1. The lowest BCUT2D eigenvalue weighted by Gasteiger charge is -2.35. The van der Waals surface area contributed by atoms with Crippen molar-refractivity contribution in [2.24, 2.45) is 5.73 Å². The van der Waals surface area contributed by atoms with Crippen molar-refractivity contribution < 1.29 is 28.7 Å². The summed E-state index contributed by atoms with van der Waals surface area (Å²) in [6.45, 7) is 9.14. The minimum Gasteiger partial charge on any atom is -0.478 e. The average molecular weight is 562 g/mol. The molecule has 210 valence electrons. The van der Waals surface area contributed by atoms with Gasteiger partial charge in [0.25, 0.3) is 11.8 Å². The van der Waals surface area contributed by atoms with Crippen LogP contribution in [0.2, 0.25) is 25.7 Å². The van der Waals surface area contributed by atoms with E-state index in [9.17, 15) is 19.2 Å². The van der Waals surface area contributed by atoms with E-state index in [2.05, 4.69) is 31.5 Å². The molecule has 2 heterocycles. The number of imide groups is 1. The van der Waals surface area contributed by atoms with E-state index in [0.717, 1.165) is 16.5 Å². The molecule has 1 unspecified atom stereocenters. The van der Waals surface area contributed by atoms with Crippen LogP contribution in [0.3, 0.4) is 0 Å². The van der Waals surface area contributed by atoms with Gasteiger partial charge in [-0.25, -0.2) is 0 Å². The highest BCUT2D eigenvalue weighted by atomic mass is 28.3. The molecule has 4 rings (SSSR count). The Morgan fingerprint density at radius 1 is 1.12 bits per heavy atom. The molecule has 4 amide bonds. The molecular weight excluding hydrogens is 526 g/mol. The van der Waals surface area contributed by atoms with Crippen LogP contribution in [0.5, 0.6) is 5.75 Å². The van der Waals surface area contributed by atoms with Crippen LogP contribution in [0.25, 0.3) is 0 Å². The van der Waals surface area contributed by atoms with E-state index < -0.39 is 32.0 Å². The van der Waals surface area contributed by atoms with Crippen LogP contribution in [0.15, 0.2) is 42.5 Å². The largest absolute Gasteiger partial charge is 0.478 e. The smallest absolute Gasteiger partial charge is 0.255 e. The molecule has 1 fully saturated rings. The summed E-state index contributed by atoms with van der Waals surface area (Å²) in [5.41, 5.74) is 7.60. The number of benzene rings is 2. The lowest BCUT2D eigenvalue weighted by molar-refractivity contribution is -0.158. The highest BCUT2D eigenvalue weighted by Gasteiger charge is 2.43. The molecule has 2 aromatic rings. The van der Waals surface area contributed by atoms with Gasteiger partial charge in [-0.3, -0.25) is 24.1 Å².